The van der Waals surface area contributed by atoms with Crippen LogP contribution in [0.25, 0.3) is 0 Å². The van der Waals surface area contributed by atoms with Crippen molar-refractivity contribution in [3.8, 4) is 0 Å². The SMILES string of the molecule is C=C(C)CNC(=O)N[C@H](CCO)C(=O)O. The normalized spacial score (nSPS) is 11.6. The molecule has 0 fully saturated rings. The zero-order valence-corrected chi connectivity index (χ0v) is 8.62. The second-order valence-electron chi connectivity index (χ2n) is 3.19. The van der Waals surface area contributed by atoms with Crippen LogP contribution in [0.2, 0.25) is 0 Å². The van der Waals surface area contributed by atoms with Crippen LogP contribution in [0.5, 0.6) is 0 Å². The van der Waals surface area contributed by atoms with E-state index in [1.165, 1.54) is 0 Å². The van der Waals surface area contributed by atoms with Gasteiger partial charge in [0.05, 0.1) is 0 Å². The molecule has 0 radical (unpaired) electrons. The number of nitrogens with one attached hydrogen (secondary N) is 2. The van der Waals surface area contributed by atoms with E-state index >= 15 is 0 Å². The van der Waals surface area contributed by atoms with Gasteiger partial charge in [0.25, 0.3) is 0 Å². The van der Waals surface area contributed by atoms with Crippen LogP contribution in [0.4, 0.5) is 4.79 Å². The van der Waals surface area contributed by atoms with Gasteiger partial charge in [0, 0.05) is 19.6 Å². The zero-order chi connectivity index (χ0) is 11.8. The third-order valence-corrected chi connectivity index (χ3v) is 1.57. The number of rotatable bonds is 6. The first-order valence-corrected chi connectivity index (χ1v) is 4.49. The lowest BCUT2D eigenvalue weighted by Gasteiger charge is -2.13. The number of aliphatic carboxylic acids is 1. The van der Waals surface area contributed by atoms with Crippen LogP contribution in [0, 0.1) is 0 Å². The van der Waals surface area contributed by atoms with Gasteiger partial charge in [-0.05, 0) is 6.92 Å². The van der Waals surface area contributed by atoms with Crippen molar-refractivity contribution in [2.75, 3.05) is 13.2 Å². The predicted octanol–water partition coefficient (Wildman–Crippen LogP) is -0.303. The Hall–Kier alpha value is -1.56. The van der Waals surface area contributed by atoms with Crippen LogP contribution in [-0.2, 0) is 4.79 Å². The second-order valence-corrected chi connectivity index (χ2v) is 3.19. The Bertz CT molecular complexity index is 252. The minimum atomic E-state index is -1.17. The van der Waals surface area contributed by atoms with E-state index in [1.54, 1.807) is 6.92 Å². The minimum absolute atomic E-state index is 0.0180. The molecule has 0 aliphatic carbocycles. The molecule has 0 rings (SSSR count). The molecule has 15 heavy (non-hydrogen) atoms. The summed E-state index contributed by atoms with van der Waals surface area (Å²) in [6, 6.07) is -1.65. The fourth-order valence-corrected chi connectivity index (χ4v) is 0.827. The van der Waals surface area contributed by atoms with E-state index < -0.39 is 18.0 Å². The topological polar surface area (TPSA) is 98.7 Å². The Labute approximate surface area is 88.0 Å². The van der Waals surface area contributed by atoms with E-state index in [0.717, 1.165) is 5.57 Å². The molecule has 6 heteroatoms. The zero-order valence-electron chi connectivity index (χ0n) is 8.62. The van der Waals surface area contributed by atoms with Gasteiger partial charge >= 0.3 is 12.0 Å². The average molecular weight is 216 g/mol. The smallest absolute Gasteiger partial charge is 0.326 e. The Balaban J connectivity index is 3.99. The van der Waals surface area contributed by atoms with E-state index in [0.29, 0.717) is 0 Å². The van der Waals surface area contributed by atoms with E-state index in [9.17, 15) is 9.59 Å². The first-order chi connectivity index (χ1) is 6.97. The molecule has 0 saturated heterocycles. The molecule has 2 amide bonds. The second kappa shape index (κ2) is 6.83. The molecule has 6 nitrogen and oxygen atoms in total. The first-order valence-electron chi connectivity index (χ1n) is 4.49. The van der Waals surface area contributed by atoms with Crippen molar-refractivity contribution in [1.29, 1.82) is 0 Å². The third kappa shape index (κ3) is 6.50. The highest BCUT2D eigenvalue weighted by Crippen LogP contribution is 1.91. The highest BCUT2D eigenvalue weighted by molar-refractivity contribution is 5.82. The fourth-order valence-electron chi connectivity index (χ4n) is 0.827. The summed E-state index contributed by atoms with van der Waals surface area (Å²) >= 11 is 0. The average Bonchev–Trinajstić information content (AvgIpc) is 2.14. The molecule has 0 aliphatic heterocycles. The summed E-state index contributed by atoms with van der Waals surface area (Å²) in [7, 11) is 0. The van der Waals surface area contributed by atoms with E-state index in [-0.39, 0.29) is 19.6 Å². The number of carbonyl (C=O) groups excluding carboxylic acids is 1. The van der Waals surface area contributed by atoms with Crippen molar-refractivity contribution >= 4 is 12.0 Å². The fraction of sp³-hybridized carbons (Fsp3) is 0.556. The van der Waals surface area contributed by atoms with Gasteiger partial charge < -0.3 is 20.8 Å². The first kappa shape index (κ1) is 13.4. The Morgan fingerprint density at radius 3 is 2.47 bits per heavy atom. The van der Waals surface area contributed by atoms with Crippen molar-refractivity contribution in [3.63, 3.8) is 0 Å². The molecule has 1 atom stereocenters. The van der Waals surface area contributed by atoms with Gasteiger partial charge in [0.15, 0.2) is 0 Å². The lowest BCUT2D eigenvalue weighted by molar-refractivity contribution is -0.139. The summed E-state index contributed by atoms with van der Waals surface area (Å²) < 4.78 is 0. The van der Waals surface area contributed by atoms with Crippen LogP contribution in [0.3, 0.4) is 0 Å². The molecular formula is C9H16N2O4. The number of carboxylic acids is 1. The van der Waals surface area contributed by atoms with Crippen molar-refractivity contribution in [1.82, 2.24) is 10.6 Å². The van der Waals surface area contributed by atoms with Crippen LogP contribution < -0.4 is 10.6 Å². The molecular weight excluding hydrogens is 200 g/mol. The van der Waals surface area contributed by atoms with Crippen molar-refractivity contribution in [3.05, 3.63) is 12.2 Å². The quantitative estimate of drug-likeness (QED) is 0.458. The maximum absolute atomic E-state index is 11.1. The molecule has 0 aromatic rings. The van der Waals surface area contributed by atoms with Gasteiger partial charge in [-0.3, -0.25) is 0 Å². The number of hydrogen-bond donors (Lipinski definition) is 4. The molecule has 86 valence electrons. The summed E-state index contributed by atoms with van der Waals surface area (Å²) in [5.41, 5.74) is 0.763. The molecule has 0 aliphatic rings. The van der Waals surface area contributed by atoms with E-state index in [2.05, 4.69) is 17.2 Å². The highest BCUT2D eigenvalue weighted by Gasteiger charge is 2.18. The molecule has 0 heterocycles. The van der Waals surface area contributed by atoms with E-state index in [4.69, 9.17) is 10.2 Å². The van der Waals surface area contributed by atoms with Crippen molar-refractivity contribution in [2.24, 2.45) is 0 Å². The molecule has 4 N–H and O–H groups in total. The number of aliphatic hydroxyl groups excluding tert-OH is 1. The molecule has 0 unspecified atom stereocenters. The largest absolute Gasteiger partial charge is 0.480 e. The van der Waals surface area contributed by atoms with Gasteiger partial charge in [-0.15, -0.1) is 0 Å². The lowest BCUT2D eigenvalue weighted by atomic mass is 10.2. The Kier molecular flexibility index (Phi) is 6.12. The van der Waals surface area contributed by atoms with Crippen LogP contribution >= 0.6 is 0 Å². The van der Waals surface area contributed by atoms with Crippen molar-refractivity contribution < 1.29 is 19.8 Å². The van der Waals surface area contributed by atoms with Crippen molar-refractivity contribution in [2.45, 2.75) is 19.4 Å². The molecule has 0 aromatic heterocycles. The number of hydrogen-bond acceptors (Lipinski definition) is 3. The maximum atomic E-state index is 11.1. The van der Waals surface area contributed by atoms with Crippen LogP contribution in [0.1, 0.15) is 13.3 Å². The molecule has 0 aromatic carbocycles. The predicted molar refractivity (Wildman–Crippen MR) is 54.5 cm³/mol. The summed E-state index contributed by atoms with van der Waals surface area (Å²) in [4.78, 5) is 21.7. The number of urea groups is 1. The molecule has 0 saturated carbocycles. The number of carbonyl (C=O) groups is 2. The maximum Gasteiger partial charge on any atom is 0.326 e. The molecule has 0 spiro atoms. The third-order valence-electron chi connectivity index (χ3n) is 1.57. The van der Waals surface area contributed by atoms with Gasteiger partial charge in [-0.1, -0.05) is 12.2 Å². The summed E-state index contributed by atoms with van der Waals surface area (Å²) in [6.07, 6.45) is -0.0180. The van der Waals surface area contributed by atoms with Gasteiger partial charge in [-0.2, -0.15) is 0 Å². The Morgan fingerprint density at radius 2 is 2.07 bits per heavy atom. The summed E-state index contributed by atoms with van der Waals surface area (Å²) in [5.74, 6) is -1.17. The lowest BCUT2D eigenvalue weighted by Crippen LogP contribution is -2.46. The van der Waals surface area contributed by atoms with Crippen LogP contribution in [-0.4, -0.2) is 41.4 Å². The van der Waals surface area contributed by atoms with Gasteiger partial charge in [-0.25, -0.2) is 9.59 Å². The standard InChI is InChI=1S/C9H16N2O4/c1-6(2)5-10-9(15)11-7(3-4-12)8(13)14/h7,12H,1,3-5H2,2H3,(H,13,14)(H2,10,11,15)/t7-/m1/s1. The highest BCUT2D eigenvalue weighted by atomic mass is 16.4. The summed E-state index contributed by atoms with van der Waals surface area (Å²) in [6.45, 7) is 5.31. The van der Waals surface area contributed by atoms with Crippen LogP contribution in [0.15, 0.2) is 12.2 Å². The van der Waals surface area contributed by atoms with E-state index in [1.807, 2.05) is 0 Å². The minimum Gasteiger partial charge on any atom is -0.480 e. The van der Waals surface area contributed by atoms with Gasteiger partial charge in [0.2, 0.25) is 0 Å². The number of aliphatic hydroxyl groups is 1. The number of amides is 2. The monoisotopic (exact) mass is 216 g/mol. The Morgan fingerprint density at radius 1 is 1.47 bits per heavy atom. The number of carboxylic acid groups (broad SMARTS) is 1. The van der Waals surface area contributed by atoms with Gasteiger partial charge in [0.1, 0.15) is 6.04 Å². The molecule has 0 bridgehead atoms. The summed E-state index contributed by atoms with van der Waals surface area (Å²) in [5, 5.41) is 21.9.